The molecule has 19 heavy (non-hydrogen) atoms. The number of aliphatic hydroxyl groups excluding tert-OH is 1. The number of aliphatic hydroxyl groups is 1. The Morgan fingerprint density at radius 1 is 1.05 bits per heavy atom. The number of anilines is 1. The third-order valence-electron chi connectivity index (χ3n) is 3.11. The van der Waals surface area contributed by atoms with Crippen molar-refractivity contribution in [1.82, 2.24) is 0 Å². The molecular formula is C16H21NO2. The Labute approximate surface area is 114 Å². The molecule has 0 aliphatic heterocycles. The molecule has 3 heteroatoms. The van der Waals surface area contributed by atoms with Crippen LogP contribution in [0.1, 0.15) is 36.8 Å². The van der Waals surface area contributed by atoms with Gasteiger partial charge in [-0.3, -0.25) is 0 Å². The molecule has 0 aliphatic rings. The van der Waals surface area contributed by atoms with Crippen molar-refractivity contribution in [3.63, 3.8) is 0 Å². The molecule has 3 nitrogen and oxygen atoms in total. The minimum atomic E-state index is -0.0495. The Balaban J connectivity index is 1.85. The lowest BCUT2D eigenvalue weighted by atomic mass is 10.1. The van der Waals surface area contributed by atoms with Gasteiger partial charge in [-0.2, -0.15) is 0 Å². The van der Waals surface area contributed by atoms with Gasteiger partial charge in [-0.05, 0) is 42.7 Å². The molecule has 0 bridgehead atoms. The highest BCUT2D eigenvalue weighted by molar-refractivity contribution is 5.44. The molecule has 1 aromatic carbocycles. The summed E-state index contributed by atoms with van der Waals surface area (Å²) in [5.41, 5.74) is 2.47. The highest BCUT2D eigenvalue weighted by Gasteiger charge is 2.01. The number of hydrogen-bond donors (Lipinski definition) is 2. The smallest absolute Gasteiger partial charge is 0.129 e. The maximum absolute atomic E-state index is 8.92. The molecule has 1 heterocycles. The summed E-state index contributed by atoms with van der Waals surface area (Å²) in [6.45, 7) is 2.79. The van der Waals surface area contributed by atoms with Crippen molar-refractivity contribution in [3.05, 3.63) is 53.5 Å². The van der Waals surface area contributed by atoms with Crippen LogP contribution in [0.25, 0.3) is 0 Å². The minimum Gasteiger partial charge on any atom is -0.462 e. The van der Waals surface area contributed by atoms with Gasteiger partial charge < -0.3 is 14.8 Å². The second-order valence-electron chi connectivity index (χ2n) is 4.68. The molecule has 0 unspecified atom stereocenters. The molecule has 0 amide bonds. The van der Waals surface area contributed by atoms with Gasteiger partial charge in [0.15, 0.2) is 0 Å². The van der Waals surface area contributed by atoms with Crippen molar-refractivity contribution in [1.29, 1.82) is 0 Å². The summed E-state index contributed by atoms with van der Waals surface area (Å²) < 4.78 is 5.42. The van der Waals surface area contributed by atoms with Crippen LogP contribution in [0.2, 0.25) is 0 Å². The summed E-state index contributed by atoms with van der Waals surface area (Å²) in [7, 11) is 0. The monoisotopic (exact) mass is 259 g/mol. The normalized spacial score (nSPS) is 10.6. The van der Waals surface area contributed by atoms with E-state index in [4.69, 9.17) is 9.52 Å². The van der Waals surface area contributed by atoms with Gasteiger partial charge in [0.1, 0.15) is 18.1 Å². The second-order valence-corrected chi connectivity index (χ2v) is 4.68. The van der Waals surface area contributed by atoms with Crippen molar-refractivity contribution in [2.45, 2.75) is 39.3 Å². The predicted molar refractivity (Wildman–Crippen MR) is 77.0 cm³/mol. The van der Waals surface area contributed by atoms with Gasteiger partial charge in [0.25, 0.3) is 0 Å². The molecule has 0 radical (unpaired) electrons. The first kappa shape index (κ1) is 13.7. The Bertz CT molecular complexity index is 488. The maximum atomic E-state index is 8.92. The van der Waals surface area contributed by atoms with E-state index < -0.39 is 0 Å². The zero-order valence-electron chi connectivity index (χ0n) is 11.4. The molecule has 0 atom stereocenters. The molecule has 1 aromatic heterocycles. The third-order valence-corrected chi connectivity index (χ3v) is 3.11. The predicted octanol–water partition coefficient (Wildman–Crippen LogP) is 3.73. The molecule has 0 fully saturated rings. The molecule has 0 aliphatic carbocycles. The van der Waals surface area contributed by atoms with Crippen LogP contribution in [0, 0.1) is 0 Å². The van der Waals surface area contributed by atoms with Crippen LogP contribution in [-0.4, -0.2) is 5.11 Å². The van der Waals surface area contributed by atoms with Crippen LogP contribution < -0.4 is 5.32 Å². The average molecular weight is 259 g/mol. The first-order chi connectivity index (χ1) is 9.31. The van der Waals surface area contributed by atoms with Crippen LogP contribution in [-0.2, 0) is 19.6 Å². The highest BCUT2D eigenvalue weighted by Crippen LogP contribution is 2.14. The fourth-order valence-corrected chi connectivity index (χ4v) is 1.96. The van der Waals surface area contributed by atoms with Crippen molar-refractivity contribution in [2.75, 3.05) is 5.32 Å². The van der Waals surface area contributed by atoms with E-state index in [0.717, 1.165) is 17.9 Å². The van der Waals surface area contributed by atoms with E-state index >= 15 is 0 Å². The molecule has 0 spiro atoms. The first-order valence-corrected chi connectivity index (χ1v) is 6.83. The van der Waals surface area contributed by atoms with E-state index in [2.05, 4.69) is 36.5 Å². The summed E-state index contributed by atoms with van der Waals surface area (Å²) in [6, 6.07) is 12.2. The van der Waals surface area contributed by atoms with E-state index in [9.17, 15) is 0 Å². The van der Waals surface area contributed by atoms with E-state index in [0.29, 0.717) is 12.3 Å². The summed E-state index contributed by atoms with van der Waals surface area (Å²) in [4.78, 5) is 0. The van der Waals surface area contributed by atoms with Crippen molar-refractivity contribution in [3.8, 4) is 0 Å². The van der Waals surface area contributed by atoms with Gasteiger partial charge >= 0.3 is 0 Å². The topological polar surface area (TPSA) is 45.4 Å². The molecule has 2 rings (SSSR count). The Morgan fingerprint density at radius 3 is 2.42 bits per heavy atom. The lowest BCUT2D eigenvalue weighted by molar-refractivity contribution is 0.244. The largest absolute Gasteiger partial charge is 0.462 e. The van der Waals surface area contributed by atoms with Gasteiger partial charge in [0.2, 0.25) is 0 Å². The molecule has 2 N–H and O–H groups in total. The fraction of sp³-hybridized carbons (Fsp3) is 0.375. The number of nitrogens with one attached hydrogen (secondary N) is 1. The van der Waals surface area contributed by atoms with Crippen LogP contribution in [0.5, 0.6) is 0 Å². The SMILES string of the molecule is CCCCc1ccc(NCc2ccc(CO)o2)cc1. The number of aryl methyl sites for hydroxylation is 1. The van der Waals surface area contributed by atoms with E-state index in [1.54, 1.807) is 6.07 Å². The first-order valence-electron chi connectivity index (χ1n) is 6.83. The zero-order chi connectivity index (χ0) is 13.5. The molecule has 102 valence electrons. The number of hydrogen-bond acceptors (Lipinski definition) is 3. The van der Waals surface area contributed by atoms with Gasteiger partial charge in [0.05, 0.1) is 6.54 Å². The number of unbranched alkanes of at least 4 members (excludes halogenated alkanes) is 1. The van der Waals surface area contributed by atoms with Gasteiger partial charge in [0, 0.05) is 5.69 Å². The number of furan rings is 1. The van der Waals surface area contributed by atoms with E-state index in [1.165, 1.54) is 18.4 Å². The van der Waals surface area contributed by atoms with E-state index in [-0.39, 0.29) is 6.61 Å². The van der Waals surface area contributed by atoms with Crippen molar-refractivity contribution >= 4 is 5.69 Å². The fourth-order valence-electron chi connectivity index (χ4n) is 1.96. The summed E-state index contributed by atoms with van der Waals surface area (Å²) in [5.74, 6) is 1.44. The van der Waals surface area contributed by atoms with Crippen LogP contribution in [0.4, 0.5) is 5.69 Å². The van der Waals surface area contributed by atoms with Crippen LogP contribution in [0.3, 0.4) is 0 Å². The Hall–Kier alpha value is -1.74. The molecule has 0 saturated heterocycles. The Kier molecular flexibility index (Phi) is 5.04. The summed E-state index contributed by atoms with van der Waals surface area (Å²) in [5, 5.41) is 12.2. The maximum Gasteiger partial charge on any atom is 0.129 e. The highest BCUT2D eigenvalue weighted by atomic mass is 16.4. The molecule has 0 saturated carbocycles. The quantitative estimate of drug-likeness (QED) is 0.796. The standard InChI is InChI=1S/C16H21NO2/c1-2-3-4-13-5-7-14(8-6-13)17-11-15-9-10-16(12-18)19-15/h5-10,17-18H,2-4,11-12H2,1H3. The number of rotatable bonds is 7. The molecule has 2 aromatic rings. The lowest BCUT2D eigenvalue weighted by Crippen LogP contribution is -1.98. The minimum absolute atomic E-state index is 0.0495. The van der Waals surface area contributed by atoms with Crippen molar-refractivity contribution < 1.29 is 9.52 Å². The number of benzene rings is 1. The van der Waals surface area contributed by atoms with Crippen LogP contribution in [0.15, 0.2) is 40.8 Å². The third kappa shape index (κ3) is 4.14. The molecular weight excluding hydrogens is 238 g/mol. The average Bonchev–Trinajstić information content (AvgIpc) is 2.92. The lowest BCUT2D eigenvalue weighted by Gasteiger charge is -2.06. The van der Waals surface area contributed by atoms with Gasteiger partial charge in [-0.1, -0.05) is 25.5 Å². The van der Waals surface area contributed by atoms with E-state index in [1.807, 2.05) is 6.07 Å². The van der Waals surface area contributed by atoms with Gasteiger partial charge in [-0.15, -0.1) is 0 Å². The van der Waals surface area contributed by atoms with Crippen molar-refractivity contribution in [2.24, 2.45) is 0 Å². The van der Waals surface area contributed by atoms with Crippen LogP contribution >= 0.6 is 0 Å². The zero-order valence-corrected chi connectivity index (χ0v) is 11.4. The summed E-state index contributed by atoms with van der Waals surface area (Å²) >= 11 is 0. The second kappa shape index (κ2) is 7.00. The van der Waals surface area contributed by atoms with Gasteiger partial charge in [-0.25, -0.2) is 0 Å². The summed E-state index contributed by atoms with van der Waals surface area (Å²) in [6.07, 6.45) is 3.61. The Morgan fingerprint density at radius 2 is 1.79 bits per heavy atom.